The molecule has 3 aromatic rings. The van der Waals surface area contributed by atoms with Gasteiger partial charge in [0.05, 0.1) is 29.2 Å². The highest BCUT2D eigenvalue weighted by Gasteiger charge is 2.38. The first-order chi connectivity index (χ1) is 18.7. The summed E-state index contributed by atoms with van der Waals surface area (Å²) in [7, 11) is 1.28. The third-order valence-electron chi connectivity index (χ3n) is 5.03. The third-order valence-corrected chi connectivity index (χ3v) is 5.25. The number of ether oxygens (including phenoxy) is 1. The van der Waals surface area contributed by atoms with Gasteiger partial charge >= 0.3 is 12.4 Å². The lowest BCUT2D eigenvalue weighted by molar-refractivity contribution is -0.137. The van der Waals surface area contributed by atoms with Crippen LogP contribution in [0.5, 0.6) is 5.75 Å². The number of benzene rings is 2. The van der Waals surface area contributed by atoms with E-state index in [0.29, 0.717) is 6.34 Å². The number of aromatic nitrogens is 2. The lowest BCUT2D eigenvalue weighted by Crippen LogP contribution is -2.24. The van der Waals surface area contributed by atoms with E-state index in [2.05, 4.69) is 15.2 Å². The van der Waals surface area contributed by atoms with E-state index in [1.807, 2.05) is 0 Å². The van der Waals surface area contributed by atoms with Gasteiger partial charge in [-0.15, -0.1) is 0 Å². The van der Waals surface area contributed by atoms with Gasteiger partial charge in [-0.3, -0.25) is 9.59 Å². The SMILES string of the molecule is CN(C=N/C(=C(\C=O)Oc1cc(Cl)cc(C#N)c1)C(F)(F)F)Cc1cc(-c2ccc(C(F)(F)F)cc2)n[nH]c1=O. The van der Waals surface area contributed by atoms with Crippen molar-refractivity contribution in [2.45, 2.75) is 18.9 Å². The fourth-order valence-corrected chi connectivity index (χ4v) is 3.45. The van der Waals surface area contributed by atoms with Crippen molar-refractivity contribution in [1.82, 2.24) is 15.1 Å². The molecule has 0 saturated carbocycles. The summed E-state index contributed by atoms with van der Waals surface area (Å²) < 4.78 is 84.7. The first-order valence-corrected chi connectivity index (χ1v) is 11.2. The summed E-state index contributed by atoms with van der Waals surface area (Å²) in [6.45, 7) is -0.294. The number of alkyl halides is 6. The van der Waals surface area contributed by atoms with Crippen LogP contribution in [0.2, 0.25) is 5.02 Å². The average Bonchev–Trinajstić information content (AvgIpc) is 2.87. The van der Waals surface area contributed by atoms with Crippen LogP contribution in [0.15, 0.2) is 69.8 Å². The predicted molar refractivity (Wildman–Crippen MR) is 131 cm³/mol. The lowest BCUT2D eigenvalue weighted by atomic mass is 10.1. The van der Waals surface area contributed by atoms with Crippen LogP contribution in [0.3, 0.4) is 0 Å². The third kappa shape index (κ3) is 7.70. The van der Waals surface area contributed by atoms with Crippen molar-refractivity contribution in [2.75, 3.05) is 7.05 Å². The van der Waals surface area contributed by atoms with Gasteiger partial charge < -0.3 is 9.64 Å². The van der Waals surface area contributed by atoms with Crippen molar-refractivity contribution < 1.29 is 35.9 Å². The molecular formula is C25H16ClF6N5O3. The number of carbonyl (C=O) groups is 1. The molecule has 1 aromatic heterocycles. The Hall–Kier alpha value is -4.64. The highest BCUT2D eigenvalue weighted by molar-refractivity contribution is 6.30. The number of allylic oxidation sites excluding steroid dienone is 2. The Labute approximate surface area is 226 Å². The topological polar surface area (TPSA) is 111 Å². The monoisotopic (exact) mass is 583 g/mol. The smallest absolute Gasteiger partial charge is 0.437 e. The molecule has 208 valence electrons. The number of nitrogens with one attached hydrogen (secondary N) is 1. The van der Waals surface area contributed by atoms with Crippen molar-refractivity contribution in [3.63, 3.8) is 0 Å². The van der Waals surface area contributed by atoms with Crippen LogP contribution in [0.1, 0.15) is 16.7 Å². The summed E-state index contributed by atoms with van der Waals surface area (Å²) in [5.41, 5.74) is -2.95. The van der Waals surface area contributed by atoms with Crippen LogP contribution in [0, 0.1) is 11.3 Å². The minimum atomic E-state index is -5.14. The summed E-state index contributed by atoms with van der Waals surface area (Å²) in [6.07, 6.45) is -9.20. The van der Waals surface area contributed by atoms with E-state index >= 15 is 0 Å². The molecule has 0 aliphatic heterocycles. The molecule has 0 fully saturated rings. The molecule has 0 saturated heterocycles. The van der Waals surface area contributed by atoms with Crippen LogP contribution < -0.4 is 10.3 Å². The van der Waals surface area contributed by atoms with Crippen LogP contribution in [0.4, 0.5) is 26.3 Å². The van der Waals surface area contributed by atoms with Gasteiger partial charge in [0.2, 0.25) is 0 Å². The van der Waals surface area contributed by atoms with Gasteiger partial charge in [0.1, 0.15) is 5.75 Å². The lowest BCUT2D eigenvalue weighted by Gasteiger charge is -2.15. The number of hydrogen-bond acceptors (Lipinski definition) is 6. The quantitative estimate of drug-likeness (QED) is 0.0937. The molecule has 0 unspecified atom stereocenters. The molecule has 0 bridgehead atoms. The molecule has 0 atom stereocenters. The number of aldehydes is 1. The number of hydrogen-bond donors (Lipinski definition) is 1. The van der Waals surface area contributed by atoms with E-state index in [0.717, 1.165) is 41.3 Å². The Morgan fingerprint density at radius 1 is 1.15 bits per heavy atom. The van der Waals surface area contributed by atoms with E-state index < -0.39 is 34.9 Å². The summed E-state index contributed by atoms with van der Waals surface area (Å²) in [4.78, 5) is 28.1. The highest BCUT2D eigenvalue weighted by atomic mass is 35.5. The van der Waals surface area contributed by atoms with Gasteiger partial charge in [-0.25, -0.2) is 10.1 Å². The first-order valence-electron chi connectivity index (χ1n) is 10.9. The summed E-state index contributed by atoms with van der Waals surface area (Å²) in [5, 5.41) is 15.0. The Morgan fingerprint density at radius 3 is 2.40 bits per heavy atom. The van der Waals surface area contributed by atoms with Gasteiger partial charge in [-0.2, -0.15) is 36.7 Å². The summed E-state index contributed by atoms with van der Waals surface area (Å²) >= 11 is 5.82. The van der Waals surface area contributed by atoms with E-state index in [1.165, 1.54) is 19.2 Å². The van der Waals surface area contributed by atoms with Gasteiger partial charge in [0.15, 0.2) is 17.7 Å². The molecule has 0 aliphatic carbocycles. The van der Waals surface area contributed by atoms with E-state index in [-0.39, 0.29) is 46.0 Å². The van der Waals surface area contributed by atoms with E-state index in [9.17, 15) is 35.9 Å². The Morgan fingerprint density at radius 2 is 1.82 bits per heavy atom. The zero-order chi connectivity index (χ0) is 29.7. The molecule has 3 rings (SSSR count). The number of carbonyl (C=O) groups excluding carboxylic acids is 1. The largest absolute Gasteiger partial charge is 0.452 e. The zero-order valence-corrected chi connectivity index (χ0v) is 20.9. The molecule has 15 heteroatoms. The van der Waals surface area contributed by atoms with E-state index in [1.54, 1.807) is 6.07 Å². The van der Waals surface area contributed by atoms with Crippen LogP contribution >= 0.6 is 11.6 Å². The fourth-order valence-electron chi connectivity index (χ4n) is 3.22. The minimum absolute atomic E-state index is 0.00575. The Bertz CT molecular complexity index is 1560. The molecule has 0 spiro atoms. The highest BCUT2D eigenvalue weighted by Crippen LogP contribution is 2.32. The Balaban J connectivity index is 1.87. The molecule has 0 amide bonds. The molecule has 40 heavy (non-hydrogen) atoms. The normalized spacial score (nSPS) is 12.6. The zero-order valence-electron chi connectivity index (χ0n) is 20.1. The van der Waals surface area contributed by atoms with Gasteiger partial charge in [-0.1, -0.05) is 23.7 Å². The number of nitriles is 1. The number of rotatable bonds is 8. The fraction of sp³-hybridized carbons (Fsp3) is 0.160. The second-order valence-corrected chi connectivity index (χ2v) is 8.50. The molecule has 1 N–H and O–H groups in total. The van der Waals surface area contributed by atoms with E-state index in [4.69, 9.17) is 21.6 Å². The van der Waals surface area contributed by atoms with Crippen molar-refractivity contribution in [1.29, 1.82) is 5.26 Å². The van der Waals surface area contributed by atoms with Gasteiger partial charge in [0.25, 0.3) is 5.56 Å². The van der Waals surface area contributed by atoms with Crippen molar-refractivity contribution >= 4 is 24.2 Å². The maximum Gasteiger partial charge on any atom is 0.437 e. The predicted octanol–water partition coefficient (Wildman–Crippen LogP) is 5.49. The molecule has 0 aliphatic rings. The summed E-state index contributed by atoms with van der Waals surface area (Å²) in [6, 6.07) is 10.4. The number of aliphatic imine (C=N–C) groups is 1. The molecule has 0 radical (unpaired) electrons. The number of H-pyrrole nitrogens is 1. The maximum absolute atomic E-state index is 13.7. The van der Waals surface area contributed by atoms with Crippen molar-refractivity contribution in [2.24, 2.45) is 4.99 Å². The van der Waals surface area contributed by atoms with Crippen LogP contribution in [-0.4, -0.2) is 40.9 Å². The standard InChI is InChI=1S/C25H16ClF6N5O3/c1-37(11-16-8-20(35-36-23(16)39)15-2-4-17(5-3-15)24(27,28)29)13-34-22(25(30,31)32)21(12-38)40-19-7-14(10-33)6-18(26)9-19/h2-9,12-13H,11H2,1H3,(H,36,39)/b22-21+,34-13?. The number of halogens is 7. The number of aromatic amines is 1. The average molecular weight is 584 g/mol. The maximum atomic E-state index is 13.7. The van der Waals surface area contributed by atoms with Crippen molar-refractivity contribution in [3.8, 4) is 23.1 Å². The minimum Gasteiger partial charge on any atom is -0.452 e. The second kappa shape index (κ2) is 12.0. The molecule has 1 heterocycles. The van der Waals surface area contributed by atoms with Gasteiger partial charge in [-0.05, 0) is 36.4 Å². The summed E-state index contributed by atoms with van der Waals surface area (Å²) in [5.74, 6) is -1.52. The Kier molecular flexibility index (Phi) is 9.00. The van der Waals surface area contributed by atoms with Gasteiger partial charge in [0, 0.05) is 29.7 Å². The first kappa shape index (κ1) is 29.9. The molecule has 8 nitrogen and oxygen atoms in total. The molecule has 2 aromatic carbocycles. The van der Waals surface area contributed by atoms with Crippen LogP contribution in [0.25, 0.3) is 11.3 Å². The van der Waals surface area contributed by atoms with Crippen LogP contribution in [-0.2, 0) is 17.5 Å². The molecular weight excluding hydrogens is 568 g/mol. The number of nitrogens with zero attached hydrogens (tertiary/aromatic N) is 4. The van der Waals surface area contributed by atoms with Crippen molar-refractivity contribution in [3.05, 3.63) is 92.1 Å². The second-order valence-electron chi connectivity index (χ2n) is 8.06.